The number of hydrogen-bond acceptors (Lipinski definition) is 1. The predicted molar refractivity (Wildman–Crippen MR) is 54.7 cm³/mol. The Morgan fingerprint density at radius 1 is 1.33 bits per heavy atom. The summed E-state index contributed by atoms with van der Waals surface area (Å²) in [6, 6.07) is 5.61. The molecule has 1 rings (SSSR count). The molecule has 0 fully saturated rings. The first-order chi connectivity index (χ1) is 5.59. The average Bonchev–Trinajstić information content (AvgIpc) is 1.96. The summed E-state index contributed by atoms with van der Waals surface area (Å²) in [4.78, 5) is 10.6. The molecule has 0 saturated carbocycles. The Kier molecular flexibility index (Phi) is 3.29. The third-order valence-electron chi connectivity index (χ3n) is 1.36. The number of halogens is 2. The van der Waals surface area contributed by atoms with E-state index in [0.29, 0.717) is 0 Å². The number of hydrogen-bond donors (Lipinski definition) is 1. The summed E-state index contributed by atoms with van der Waals surface area (Å²) in [5, 5.41) is 0. The van der Waals surface area contributed by atoms with E-state index in [2.05, 4.69) is 31.9 Å². The van der Waals surface area contributed by atoms with Crippen LogP contribution in [0.25, 0.3) is 0 Å². The Hall–Kier alpha value is -0.350. The average molecular weight is 293 g/mol. The maximum absolute atomic E-state index is 10.6. The molecule has 4 heteroatoms. The zero-order valence-electron chi connectivity index (χ0n) is 6.18. The van der Waals surface area contributed by atoms with Gasteiger partial charge in [-0.05, 0) is 49.6 Å². The highest BCUT2D eigenvalue weighted by Gasteiger charge is 2.01. The van der Waals surface area contributed by atoms with Crippen LogP contribution in [-0.2, 0) is 11.2 Å². The van der Waals surface area contributed by atoms with Gasteiger partial charge in [0.05, 0.1) is 6.42 Å². The molecule has 0 spiro atoms. The second-order valence-corrected chi connectivity index (χ2v) is 4.10. The number of amides is 1. The molecule has 0 bridgehead atoms. The molecule has 0 atom stereocenters. The first-order valence-corrected chi connectivity index (χ1v) is 4.90. The van der Waals surface area contributed by atoms with Crippen molar-refractivity contribution in [1.29, 1.82) is 0 Å². The van der Waals surface area contributed by atoms with E-state index in [1.165, 1.54) is 0 Å². The van der Waals surface area contributed by atoms with Gasteiger partial charge in [-0.3, -0.25) is 4.79 Å². The van der Waals surface area contributed by atoms with Crippen LogP contribution in [0.4, 0.5) is 0 Å². The molecule has 1 aromatic carbocycles. The molecule has 1 aromatic rings. The van der Waals surface area contributed by atoms with E-state index in [0.717, 1.165) is 14.5 Å². The second-order valence-electron chi connectivity index (χ2n) is 2.39. The molecule has 0 saturated heterocycles. The van der Waals surface area contributed by atoms with Crippen LogP contribution in [0.2, 0.25) is 0 Å². The van der Waals surface area contributed by atoms with Crippen LogP contribution in [0.1, 0.15) is 5.56 Å². The normalized spacial score (nSPS) is 9.83. The van der Waals surface area contributed by atoms with E-state index in [4.69, 9.17) is 5.73 Å². The lowest BCUT2D eigenvalue weighted by Crippen LogP contribution is -2.13. The van der Waals surface area contributed by atoms with Gasteiger partial charge < -0.3 is 5.73 Å². The van der Waals surface area contributed by atoms with E-state index in [1.54, 1.807) is 0 Å². The molecule has 1 amide bonds. The number of primary amides is 1. The Morgan fingerprint density at radius 3 is 2.50 bits per heavy atom. The lowest BCUT2D eigenvalue weighted by molar-refractivity contribution is -0.117. The van der Waals surface area contributed by atoms with Gasteiger partial charge in [-0.2, -0.15) is 0 Å². The molecule has 0 unspecified atom stereocenters. The summed E-state index contributed by atoms with van der Waals surface area (Å²) in [5.41, 5.74) is 5.96. The molecule has 0 aromatic heterocycles. The highest BCUT2D eigenvalue weighted by atomic mass is 79.9. The van der Waals surface area contributed by atoms with E-state index in [1.807, 2.05) is 18.2 Å². The van der Waals surface area contributed by atoms with Gasteiger partial charge >= 0.3 is 0 Å². The van der Waals surface area contributed by atoms with Gasteiger partial charge in [-0.25, -0.2) is 0 Å². The molecular weight excluding hydrogens is 286 g/mol. The van der Waals surface area contributed by atoms with Gasteiger partial charge in [0.15, 0.2) is 0 Å². The lowest BCUT2D eigenvalue weighted by Gasteiger charge is -1.99. The highest BCUT2D eigenvalue weighted by Crippen LogP contribution is 2.23. The van der Waals surface area contributed by atoms with Gasteiger partial charge in [-0.1, -0.05) is 6.07 Å². The third kappa shape index (κ3) is 2.60. The number of rotatable bonds is 2. The van der Waals surface area contributed by atoms with Crippen LogP contribution < -0.4 is 5.73 Å². The highest BCUT2D eigenvalue weighted by molar-refractivity contribution is 9.13. The smallest absolute Gasteiger partial charge is 0.221 e. The number of benzene rings is 1. The molecule has 2 nitrogen and oxygen atoms in total. The van der Waals surface area contributed by atoms with Crippen molar-refractivity contribution in [2.75, 3.05) is 0 Å². The van der Waals surface area contributed by atoms with Crippen LogP contribution in [-0.4, -0.2) is 5.91 Å². The summed E-state index contributed by atoms with van der Waals surface area (Å²) in [6.07, 6.45) is 0.284. The fraction of sp³-hybridized carbons (Fsp3) is 0.125. The van der Waals surface area contributed by atoms with Crippen molar-refractivity contribution in [1.82, 2.24) is 0 Å². The van der Waals surface area contributed by atoms with Gasteiger partial charge in [0.1, 0.15) is 0 Å². The van der Waals surface area contributed by atoms with Gasteiger partial charge in [-0.15, -0.1) is 0 Å². The zero-order valence-corrected chi connectivity index (χ0v) is 9.35. The summed E-state index contributed by atoms with van der Waals surface area (Å²) in [7, 11) is 0. The topological polar surface area (TPSA) is 43.1 Å². The van der Waals surface area contributed by atoms with Gasteiger partial charge in [0, 0.05) is 8.95 Å². The van der Waals surface area contributed by atoms with Crippen molar-refractivity contribution in [2.24, 2.45) is 5.73 Å². The van der Waals surface area contributed by atoms with Crippen molar-refractivity contribution in [3.8, 4) is 0 Å². The largest absolute Gasteiger partial charge is 0.369 e. The summed E-state index contributed by atoms with van der Waals surface area (Å²) in [5.74, 6) is -0.316. The summed E-state index contributed by atoms with van der Waals surface area (Å²) >= 11 is 6.67. The minimum atomic E-state index is -0.316. The lowest BCUT2D eigenvalue weighted by atomic mass is 10.1. The van der Waals surface area contributed by atoms with E-state index >= 15 is 0 Å². The van der Waals surface area contributed by atoms with Crippen LogP contribution in [0.5, 0.6) is 0 Å². The Morgan fingerprint density at radius 2 is 2.00 bits per heavy atom. The fourth-order valence-corrected chi connectivity index (χ4v) is 1.52. The van der Waals surface area contributed by atoms with Crippen LogP contribution in [0.3, 0.4) is 0 Å². The molecular formula is C8H7Br2NO. The van der Waals surface area contributed by atoms with Crippen LogP contribution in [0, 0.1) is 0 Å². The fourth-order valence-electron chi connectivity index (χ4n) is 0.851. The Bertz CT molecular complexity index is 312. The monoisotopic (exact) mass is 291 g/mol. The molecule has 0 radical (unpaired) electrons. The van der Waals surface area contributed by atoms with E-state index in [9.17, 15) is 4.79 Å². The molecule has 0 heterocycles. The maximum atomic E-state index is 10.6. The minimum absolute atomic E-state index is 0.284. The third-order valence-corrected chi connectivity index (χ3v) is 3.24. The SMILES string of the molecule is NC(=O)Cc1ccc(Br)c(Br)c1. The van der Waals surface area contributed by atoms with E-state index in [-0.39, 0.29) is 12.3 Å². The minimum Gasteiger partial charge on any atom is -0.369 e. The van der Waals surface area contributed by atoms with Crippen molar-refractivity contribution in [3.63, 3.8) is 0 Å². The van der Waals surface area contributed by atoms with Crippen LogP contribution >= 0.6 is 31.9 Å². The molecule has 0 aliphatic carbocycles. The Labute approximate surface area is 87.4 Å². The number of carbonyl (C=O) groups excluding carboxylic acids is 1. The van der Waals surface area contributed by atoms with Crippen molar-refractivity contribution in [2.45, 2.75) is 6.42 Å². The number of carbonyl (C=O) groups is 1. The van der Waals surface area contributed by atoms with Crippen molar-refractivity contribution >= 4 is 37.8 Å². The van der Waals surface area contributed by atoms with Gasteiger partial charge in [0.2, 0.25) is 5.91 Å². The first-order valence-electron chi connectivity index (χ1n) is 3.32. The number of nitrogens with two attached hydrogens (primary N) is 1. The van der Waals surface area contributed by atoms with E-state index < -0.39 is 0 Å². The first kappa shape index (κ1) is 9.74. The molecule has 12 heavy (non-hydrogen) atoms. The van der Waals surface area contributed by atoms with Gasteiger partial charge in [0.25, 0.3) is 0 Å². The molecule has 0 aliphatic heterocycles. The maximum Gasteiger partial charge on any atom is 0.221 e. The second kappa shape index (κ2) is 4.05. The molecule has 64 valence electrons. The van der Waals surface area contributed by atoms with Crippen molar-refractivity contribution < 1.29 is 4.79 Å². The van der Waals surface area contributed by atoms with Crippen LogP contribution in [0.15, 0.2) is 27.1 Å². The molecule has 0 aliphatic rings. The summed E-state index contributed by atoms with van der Waals surface area (Å²) < 4.78 is 1.90. The summed E-state index contributed by atoms with van der Waals surface area (Å²) in [6.45, 7) is 0. The predicted octanol–water partition coefficient (Wildman–Crippen LogP) is 2.24. The quantitative estimate of drug-likeness (QED) is 0.892. The van der Waals surface area contributed by atoms with Crippen molar-refractivity contribution in [3.05, 3.63) is 32.7 Å². The Balaban J connectivity index is 2.89. The molecule has 2 N–H and O–H groups in total. The zero-order chi connectivity index (χ0) is 9.14. The standard InChI is InChI=1S/C8H7Br2NO/c9-6-2-1-5(3-7(6)10)4-8(11)12/h1-3H,4H2,(H2,11,12).